The molecule has 0 radical (unpaired) electrons. The molecule has 138 valence electrons. The number of thiazole rings is 1. The smallest absolute Gasteiger partial charge is 0.240 e. The highest BCUT2D eigenvalue weighted by molar-refractivity contribution is 7.19. The van der Waals surface area contributed by atoms with Crippen LogP contribution in [-0.4, -0.2) is 14.8 Å². The van der Waals surface area contributed by atoms with Crippen molar-refractivity contribution < 1.29 is 13.2 Å². The van der Waals surface area contributed by atoms with Crippen LogP contribution in [0.15, 0.2) is 60.8 Å². The lowest BCUT2D eigenvalue weighted by Crippen LogP contribution is -2.07. The molecule has 0 unspecified atom stereocenters. The lowest BCUT2D eigenvalue weighted by atomic mass is 10.1. The highest BCUT2D eigenvalue weighted by Gasteiger charge is 2.33. The van der Waals surface area contributed by atoms with Gasteiger partial charge in [-0.05, 0) is 42.0 Å². The van der Waals surface area contributed by atoms with Gasteiger partial charge >= 0.3 is 6.18 Å². The second-order valence-corrected chi connectivity index (χ2v) is 6.92. The fourth-order valence-electron chi connectivity index (χ4n) is 2.64. The minimum Gasteiger partial charge on any atom is -0.240 e. The molecule has 0 aliphatic carbocycles. The summed E-state index contributed by atoms with van der Waals surface area (Å²) in [4.78, 5) is 4.48. The van der Waals surface area contributed by atoms with Crippen molar-refractivity contribution in [2.24, 2.45) is 0 Å². The molecule has 0 N–H and O–H groups in total. The second kappa shape index (κ2) is 6.94. The molecule has 2 aromatic heterocycles. The Labute approximate surface area is 161 Å². The molecule has 8 heteroatoms. The minimum atomic E-state index is -4.48. The molecular weight excluding hydrogens is 385 g/mol. The first-order chi connectivity index (χ1) is 13.4. The topological polar surface area (TPSA) is 54.5 Å². The van der Waals surface area contributed by atoms with Crippen LogP contribution in [-0.2, 0) is 6.18 Å². The van der Waals surface area contributed by atoms with E-state index >= 15 is 0 Å². The van der Waals surface area contributed by atoms with Crippen LogP contribution in [0.5, 0.6) is 0 Å². The molecule has 0 aliphatic rings. The van der Waals surface area contributed by atoms with Crippen LogP contribution in [0.2, 0.25) is 0 Å². The van der Waals surface area contributed by atoms with Gasteiger partial charge in [-0.15, -0.1) is 11.3 Å². The summed E-state index contributed by atoms with van der Waals surface area (Å²) in [5.74, 6) is 0. The number of nitrogens with zero attached hydrogens (tertiary/aromatic N) is 4. The average molecular weight is 396 g/mol. The first kappa shape index (κ1) is 17.9. The SMILES string of the molecule is N#C/C(=C\c1ccc(-n2ccc(C(F)(F)F)n2)cc1)c1nc2ccccc2s1. The van der Waals surface area contributed by atoms with Gasteiger partial charge in [0.25, 0.3) is 0 Å². The summed E-state index contributed by atoms with van der Waals surface area (Å²) >= 11 is 1.43. The van der Waals surface area contributed by atoms with Crippen LogP contribution < -0.4 is 0 Å². The second-order valence-electron chi connectivity index (χ2n) is 5.89. The molecule has 4 nitrogen and oxygen atoms in total. The maximum atomic E-state index is 12.7. The van der Waals surface area contributed by atoms with Crippen molar-refractivity contribution in [2.75, 3.05) is 0 Å². The predicted molar refractivity (Wildman–Crippen MR) is 102 cm³/mol. The molecule has 4 aromatic rings. The van der Waals surface area contributed by atoms with Crippen LogP contribution in [0, 0.1) is 11.3 Å². The molecule has 0 saturated heterocycles. The number of alkyl halides is 3. The highest BCUT2D eigenvalue weighted by Crippen LogP contribution is 2.29. The Balaban J connectivity index is 1.62. The molecule has 4 rings (SSSR count). The van der Waals surface area contributed by atoms with Crippen LogP contribution in [0.3, 0.4) is 0 Å². The van der Waals surface area contributed by atoms with Gasteiger partial charge in [0.15, 0.2) is 5.69 Å². The Hall–Kier alpha value is -3.44. The Morgan fingerprint density at radius 2 is 1.82 bits per heavy atom. The van der Waals surface area contributed by atoms with Crippen molar-refractivity contribution in [3.8, 4) is 11.8 Å². The maximum absolute atomic E-state index is 12.7. The van der Waals surface area contributed by atoms with Gasteiger partial charge in [0, 0.05) is 6.20 Å². The molecule has 2 heterocycles. The summed E-state index contributed by atoms with van der Waals surface area (Å²) in [6.45, 7) is 0. The van der Waals surface area contributed by atoms with Gasteiger partial charge in [0.05, 0.1) is 21.5 Å². The van der Waals surface area contributed by atoms with Crippen LogP contribution in [0.4, 0.5) is 13.2 Å². The van der Waals surface area contributed by atoms with E-state index in [9.17, 15) is 18.4 Å². The zero-order valence-electron chi connectivity index (χ0n) is 14.2. The van der Waals surface area contributed by atoms with Gasteiger partial charge < -0.3 is 0 Å². The summed E-state index contributed by atoms with van der Waals surface area (Å²) < 4.78 is 40.2. The number of aromatic nitrogens is 3. The molecule has 0 atom stereocenters. The normalized spacial score (nSPS) is 12.3. The van der Waals surface area contributed by atoms with E-state index in [1.165, 1.54) is 17.5 Å². The monoisotopic (exact) mass is 396 g/mol. The van der Waals surface area contributed by atoms with E-state index in [0.717, 1.165) is 26.5 Å². The Bertz CT molecular complexity index is 1180. The van der Waals surface area contributed by atoms with E-state index in [1.807, 2.05) is 24.3 Å². The maximum Gasteiger partial charge on any atom is 0.435 e. The summed E-state index contributed by atoms with van der Waals surface area (Å²) in [6, 6.07) is 17.4. The quantitative estimate of drug-likeness (QED) is 0.426. The molecule has 0 bridgehead atoms. The summed E-state index contributed by atoms with van der Waals surface area (Å²) in [7, 11) is 0. The molecule has 0 spiro atoms. The van der Waals surface area contributed by atoms with Crippen molar-refractivity contribution in [1.82, 2.24) is 14.8 Å². The zero-order chi connectivity index (χ0) is 19.7. The van der Waals surface area contributed by atoms with Gasteiger partial charge in [0.2, 0.25) is 0 Å². The number of fused-ring (bicyclic) bond motifs is 1. The summed E-state index contributed by atoms with van der Waals surface area (Å²) in [5.41, 5.74) is 1.54. The van der Waals surface area contributed by atoms with E-state index < -0.39 is 11.9 Å². The largest absolute Gasteiger partial charge is 0.435 e. The van der Waals surface area contributed by atoms with Crippen LogP contribution in [0.1, 0.15) is 16.3 Å². The molecule has 0 aliphatic heterocycles. The number of benzene rings is 2. The number of nitriles is 1. The van der Waals surface area contributed by atoms with Crippen molar-refractivity contribution in [1.29, 1.82) is 5.26 Å². The number of allylic oxidation sites excluding steroid dienone is 1. The lowest BCUT2D eigenvalue weighted by Gasteiger charge is -2.04. The molecular formula is C20H11F3N4S. The highest BCUT2D eigenvalue weighted by atomic mass is 32.1. The standard InChI is InChI=1S/C20H11F3N4S/c21-20(22,23)18-9-10-27(26-18)15-7-5-13(6-8-15)11-14(12-24)19-25-16-3-1-2-4-17(16)28-19/h1-11H/b14-11+. The minimum absolute atomic E-state index is 0.424. The van der Waals surface area contributed by atoms with E-state index in [1.54, 1.807) is 30.3 Å². The van der Waals surface area contributed by atoms with E-state index in [4.69, 9.17) is 0 Å². The third kappa shape index (κ3) is 3.52. The van der Waals surface area contributed by atoms with Gasteiger partial charge in [-0.1, -0.05) is 24.3 Å². The van der Waals surface area contributed by atoms with E-state index in [-0.39, 0.29) is 0 Å². The van der Waals surface area contributed by atoms with Crippen molar-refractivity contribution in [3.63, 3.8) is 0 Å². The van der Waals surface area contributed by atoms with E-state index in [0.29, 0.717) is 16.3 Å². The summed E-state index contributed by atoms with van der Waals surface area (Å²) in [5, 5.41) is 13.7. The Morgan fingerprint density at radius 1 is 1.07 bits per heavy atom. The van der Waals surface area contributed by atoms with Gasteiger partial charge in [0.1, 0.15) is 11.1 Å². The fourth-order valence-corrected chi connectivity index (χ4v) is 3.57. The molecule has 28 heavy (non-hydrogen) atoms. The van der Waals surface area contributed by atoms with E-state index in [2.05, 4.69) is 16.2 Å². The fraction of sp³-hybridized carbons (Fsp3) is 0.0500. The number of hydrogen-bond acceptors (Lipinski definition) is 4. The first-order valence-corrected chi connectivity index (χ1v) is 8.97. The van der Waals surface area contributed by atoms with Crippen molar-refractivity contribution in [2.45, 2.75) is 6.18 Å². The molecule has 0 fully saturated rings. The van der Waals surface area contributed by atoms with Gasteiger partial charge in [-0.25, -0.2) is 9.67 Å². The predicted octanol–water partition coefficient (Wildman–Crippen LogP) is 5.56. The Morgan fingerprint density at radius 3 is 2.46 bits per heavy atom. The number of hydrogen-bond donors (Lipinski definition) is 0. The number of rotatable bonds is 3. The van der Waals surface area contributed by atoms with Crippen LogP contribution >= 0.6 is 11.3 Å². The van der Waals surface area contributed by atoms with Gasteiger partial charge in [-0.2, -0.15) is 23.5 Å². The third-order valence-electron chi connectivity index (χ3n) is 3.99. The third-order valence-corrected chi connectivity index (χ3v) is 5.06. The van der Waals surface area contributed by atoms with Crippen molar-refractivity contribution >= 4 is 33.2 Å². The number of halogens is 3. The van der Waals surface area contributed by atoms with Crippen molar-refractivity contribution in [3.05, 3.63) is 77.1 Å². The average Bonchev–Trinajstić information content (AvgIpc) is 3.33. The summed E-state index contributed by atoms with van der Waals surface area (Å²) in [6.07, 6.45) is -1.52. The molecule has 2 aromatic carbocycles. The number of para-hydroxylation sites is 1. The molecule has 0 saturated carbocycles. The molecule has 0 amide bonds. The van der Waals surface area contributed by atoms with Gasteiger partial charge in [-0.3, -0.25) is 0 Å². The first-order valence-electron chi connectivity index (χ1n) is 8.15. The Kier molecular flexibility index (Phi) is 4.45. The zero-order valence-corrected chi connectivity index (χ0v) is 15.0. The lowest BCUT2D eigenvalue weighted by molar-refractivity contribution is -0.141. The van der Waals surface area contributed by atoms with Crippen LogP contribution in [0.25, 0.3) is 27.6 Å².